The molecule has 1 atom stereocenters. The van der Waals surface area contributed by atoms with Gasteiger partial charge in [-0.25, -0.2) is 4.68 Å². The zero-order chi connectivity index (χ0) is 12.1. The third-order valence-corrected chi connectivity index (χ3v) is 3.17. The Balaban J connectivity index is 1.76. The fourth-order valence-electron chi connectivity index (χ4n) is 2.27. The zero-order valence-electron chi connectivity index (χ0n) is 10.5. The van der Waals surface area contributed by atoms with Crippen molar-refractivity contribution in [2.24, 2.45) is 0 Å². The summed E-state index contributed by atoms with van der Waals surface area (Å²) in [6.07, 6.45) is 6.56. The summed E-state index contributed by atoms with van der Waals surface area (Å²) in [5.74, 6) is 0. The number of aliphatic hydroxyl groups excluding tert-OH is 1. The van der Waals surface area contributed by atoms with Crippen LogP contribution < -0.4 is 0 Å². The third-order valence-electron chi connectivity index (χ3n) is 3.17. The van der Waals surface area contributed by atoms with E-state index >= 15 is 0 Å². The van der Waals surface area contributed by atoms with Gasteiger partial charge >= 0.3 is 0 Å². The van der Waals surface area contributed by atoms with Crippen molar-refractivity contribution in [3.05, 3.63) is 11.9 Å². The van der Waals surface area contributed by atoms with Crippen LogP contribution in [0.3, 0.4) is 0 Å². The topological polar surface area (TPSA) is 54.2 Å². The number of likely N-dealkylation sites (tertiary alicyclic amines) is 1. The zero-order valence-corrected chi connectivity index (χ0v) is 10.5. The lowest BCUT2D eigenvalue weighted by molar-refractivity contribution is 0.167. The highest BCUT2D eigenvalue weighted by molar-refractivity contribution is 4.93. The van der Waals surface area contributed by atoms with Crippen molar-refractivity contribution >= 4 is 0 Å². The van der Waals surface area contributed by atoms with Crippen LogP contribution in [0.5, 0.6) is 0 Å². The molecule has 2 rings (SSSR count). The lowest BCUT2D eigenvalue weighted by Gasteiger charge is -2.25. The molecular formula is C12H22N4O. The van der Waals surface area contributed by atoms with Crippen LogP contribution in [0.2, 0.25) is 0 Å². The monoisotopic (exact) mass is 238 g/mol. The normalized spacial score (nSPS) is 19.4. The molecule has 0 aliphatic carbocycles. The lowest BCUT2D eigenvalue weighted by atomic mass is 10.1. The van der Waals surface area contributed by atoms with Crippen molar-refractivity contribution in [3.63, 3.8) is 0 Å². The fourth-order valence-corrected chi connectivity index (χ4v) is 2.27. The molecule has 1 aliphatic rings. The van der Waals surface area contributed by atoms with Gasteiger partial charge in [0.2, 0.25) is 0 Å². The Kier molecular flexibility index (Phi) is 4.50. The van der Waals surface area contributed by atoms with E-state index < -0.39 is 0 Å². The van der Waals surface area contributed by atoms with Gasteiger partial charge < -0.3 is 10.0 Å². The lowest BCUT2D eigenvalue weighted by Crippen LogP contribution is -2.31. The summed E-state index contributed by atoms with van der Waals surface area (Å²) in [4.78, 5) is 2.50. The van der Waals surface area contributed by atoms with E-state index in [-0.39, 0.29) is 6.10 Å². The first-order valence-electron chi connectivity index (χ1n) is 6.53. The molecule has 0 amide bonds. The molecule has 5 heteroatoms. The Labute approximate surface area is 102 Å². The molecule has 96 valence electrons. The molecule has 0 saturated carbocycles. The van der Waals surface area contributed by atoms with Gasteiger partial charge in [0, 0.05) is 19.2 Å². The van der Waals surface area contributed by atoms with Crippen LogP contribution in [0.25, 0.3) is 0 Å². The van der Waals surface area contributed by atoms with Gasteiger partial charge in [-0.05, 0) is 32.9 Å². The van der Waals surface area contributed by atoms with Gasteiger partial charge in [-0.15, -0.1) is 5.10 Å². The smallest absolute Gasteiger partial charge is 0.0839 e. The molecule has 1 aromatic heterocycles. The minimum Gasteiger partial charge on any atom is -0.391 e. The predicted molar refractivity (Wildman–Crippen MR) is 65.7 cm³/mol. The average molecular weight is 238 g/mol. The molecule has 0 radical (unpaired) electrons. The fraction of sp³-hybridized carbons (Fsp3) is 0.833. The molecule has 1 saturated heterocycles. The highest BCUT2D eigenvalue weighted by atomic mass is 16.3. The molecule has 1 N–H and O–H groups in total. The molecule has 0 aromatic carbocycles. The molecule has 1 aliphatic heterocycles. The second-order valence-electron chi connectivity index (χ2n) is 4.93. The highest BCUT2D eigenvalue weighted by Crippen LogP contribution is 2.09. The molecule has 1 aromatic rings. The molecule has 0 bridgehead atoms. The van der Waals surface area contributed by atoms with Gasteiger partial charge in [0.05, 0.1) is 18.3 Å². The number of hydrogen-bond acceptors (Lipinski definition) is 4. The third kappa shape index (κ3) is 4.09. The van der Waals surface area contributed by atoms with Crippen LogP contribution in [0.15, 0.2) is 6.20 Å². The Hall–Kier alpha value is -0.940. The van der Waals surface area contributed by atoms with Crippen molar-refractivity contribution in [1.29, 1.82) is 0 Å². The number of piperidine rings is 1. The van der Waals surface area contributed by atoms with Gasteiger partial charge in [0.15, 0.2) is 0 Å². The number of aromatic nitrogens is 3. The van der Waals surface area contributed by atoms with Crippen LogP contribution >= 0.6 is 0 Å². The molecule has 17 heavy (non-hydrogen) atoms. The summed E-state index contributed by atoms with van der Waals surface area (Å²) in [5.41, 5.74) is 1.02. The van der Waals surface area contributed by atoms with Gasteiger partial charge in [-0.2, -0.15) is 0 Å². The minimum absolute atomic E-state index is 0.369. The van der Waals surface area contributed by atoms with Crippen LogP contribution in [-0.4, -0.2) is 50.7 Å². The molecule has 2 heterocycles. The number of aliphatic hydroxyl groups is 1. The molecule has 1 fully saturated rings. The summed E-state index contributed by atoms with van der Waals surface area (Å²) in [6, 6.07) is 0. The minimum atomic E-state index is -0.369. The molecule has 1 unspecified atom stereocenters. The number of nitrogens with zero attached hydrogens (tertiary/aromatic N) is 4. The summed E-state index contributed by atoms with van der Waals surface area (Å²) in [5, 5.41) is 17.4. The Morgan fingerprint density at radius 1 is 1.35 bits per heavy atom. The summed E-state index contributed by atoms with van der Waals surface area (Å²) in [7, 11) is 0. The van der Waals surface area contributed by atoms with E-state index in [0.717, 1.165) is 18.7 Å². The Morgan fingerprint density at radius 3 is 2.82 bits per heavy atom. The van der Waals surface area contributed by atoms with E-state index in [1.807, 2.05) is 6.20 Å². The van der Waals surface area contributed by atoms with E-state index in [1.54, 1.807) is 11.6 Å². The second-order valence-corrected chi connectivity index (χ2v) is 4.93. The van der Waals surface area contributed by atoms with E-state index in [1.165, 1.54) is 32.4 Å². The average Bonchev–Trinajstić information content (AvgIpc) is 2.75. The molecule has 5 nitrogen and oxygen atoms in total. The van der Waals surface area contributed by atoms with Crippen LogP contribution in [-0.2, 0) is 13.0 Å². The van der Waals surface area contributed by atoms with Crippen molar-refractivity contribution in [2.75, 3.05) is 19.6 Å². The van der Waals surface area contributed by atoms with E-state index in [2.05, 4.69) is 15.2 Å². The summed E-state index contributed by atoms with van der Waals surface area (Å²) in [6.45, 7) is 5.81. The number of rotatable bonds is 5. The first-order chi connectivity index (χ1) is 8.24. The number of hydrogen-bond donors (Lipinski definition) is 1. The maximum absolute atomic E-state index is 9.25. The second kappa shape index (κ2) is 6.12. The highest BCUT2D eigenvalue weighted by Gasteiger charge is 2.10. The maximum Gasteiger partial charge on any atom is 0.0839 e. The van der Waals surface area contributed by atoms with Crippen LogP contribution in [0.4, 0.5) is 0 Å². The van der Waals surface area contributed by atoms with E-state index in [9.17, 15) is 5.11 Å². The van der Waals surface area contributed by atoms with Crippen LogP contribution in [0, 0.1) is 0 Å². The van der Waals surface area contributed by atoms with Gasteiger partial charge in [0.1, 0.15) is 0 Å². The predicted octanol–water partition coefficient (Wildman–Crippen LogP) is 0.687. The molecule has 0 spiro atoms. The van der Waals surface area contributed by atoms with Gasteiger partial charge in [-0.3, -0.25) is 0 Å². The SMILES string of the molecule is CC(O)Cn1cc(CCN2CCCCC2)nn1. The van der Waals surface area contributed by atoms with E-state index in [0.29, 0.717) is 6.54 Å². The molecular weight excluding hydrogens is 216 g/mol. The largest absolute Gasteiger partial charge is 0.391 e. The quantitative estimate of drug-likeness (QED) is 0.820. The summed E-state index contributed by atoms with van der Waals surface area (Å²) < 4.78 is 1.72. The maximum atomic E-state index is 9.25. The van der Waals surface area contributed by atoms with Gasteiger partial charge in [0.25, 0.3) is 0 Å². The Bertz CT molecular complexity index is 331. The first kappa shape index (κ1) is 12.5. The van der Waals surface area contributed by atoms with Crippen molar-refractivity contribution in [2.45, 2.75) is 45.3 Å². The van der Waals surface area contributed by atoms with Gasteiger partial charge in [-0.1, -0.05) is 11.6 Å². The van der Waals surface area contributed by atoms with Crippen molar-refractivity contribution < 1.29 is 5.11 Å². The first-order valence-corrected chi connectivity index (χ1v) is 6.53. The van der Waals surface area contributed by atoms with Crippen molar-refractivity contribution in [3.8, 4) is 0 Å². The summed E-state index contributed by atoms with van der Waals surface area (Å²) >= 11 is 0. The Morgan fingerprint density at radius 2 is 2.12 bits per heavy atom. The standard InChI is InChI=1S/C12H22N4O/c1-11(17)9-16-10-12(13-14-16)5-8-15-6-3-2-4-7-15/h10-11,17H,2-9H2,1H3. The van der Waals surface area contributed by atoms with Crippen LogP contribution in [0.1, 0.15) is 31.9 Å². The van der Waals surface area contributed by atoms with E-state index in [4.69, 9.17) is 0 Å². The van der Waals surface area contributed by atoms with Crippen molar-refractivity contribution in [1.82, 2.24) is 19.9 Å².